The Bertz CT molecular complexity index is 911. The third kappa shape index (κ3) is 3.51. The van der Waals surface area contributed by atoms with Gasteiger partial charge in [0.2, 0.25) is 5.91 Å². The predicted octanol–water partition coefficient (Wildman–Crippen LogP) is 3.07. The van der Waals surface area contributed by atoms with E-state index in [9.17, 15) is 9.59 Å². The van der Waals surface area contributed by atoms with Gasteiger partial charge < -0.3 is 10.3 Å². The molecule has 1 aromatic carbocycles. The van der Waals surface area contributed by atoms with Crippen LogP contribution in [0.1, 0.15) is 21.6 Å². The number of aromatic nitrogens is 1. The zero-order valence-electron chi connectivity index (χ0n) is 13.1. The molecule has 4 nitrogen and oxygen atoms in total. The molecule has 2 heterocycles. The molecule has 1 amide bonds. The number of amides is 1. The average molecular weight is 326 g/mol. The molecule has 0 aliphatic rings. The summed E-state index contributed by atoms with van der Waals surface area (Å²) in [4.78, 5) is 28.1. The summed E-state index contributed by atoms with van der Waals surface area (Å²) in [5.41, 5.74) is 3.48. The highest BCUT2D eigenvalue weighted by Gasteiger charge is 2.08. The molecule has 5 heteroatoms. The summed E-state index contributed by atoms with van der Waals surface area (Å²) in [6.07, 6.45) is 0.349. The van der Waals surface area contributed by atoms with E-state index in [0.717, 1.165) is 26.9 Å². The first-order valence-electron chi connectivity index (χ1n) is 7.45. The highest BCUT2D eigenvalue weighted by Crippen LogP contribution is 2.18. The summed E-state index contributed by atoms with van der Waals surface area (Å²) in [6, 6.07) is 9.77. The zero-order valence-corrected chi connectivity index (χ0v) is 13.9. The van der Waals surface area contributed by atoms with Crippen LogP contribution in [0, 0.1) is 13.8 Å². The van der Waals surface area contributed by atoms with Gasteiger partial charge in [0.05, 0.1) is 6.42 Å². The van der Waals surface area contributed by atoms with Crippen molar-refractivity contribution in [3.05, 3.63) is 67.6 Å². The van der Waals surface area contributed by atoms with Gasteiger partial charge >= 0.3 is 0 Å². The standard InChI is InChI=1S/C18H18N2O2S/c1-11-6-12(2)15-8-13(18(22)20-16(15)7-11)10-19-17(21)9-14-4-3-5-23-14/h3-8H,9-10H2,1-2H3,(H,19,21)(H,20,22). The summed E-state index contributed by atoms with van der Waals surface area (Å²) >= 11 is 1.55. The van der Waals surface area contributed by atoms with Crippen molar-refractivity contribution in [3.63, 3.8) is 0 Å². The fraction of sp³-hybridized carbons (Fsp3) is 0.222. The first-order chi connectivity index (χ1) is 11.0. The number of thiophene rings is 1. The highest BCUT2D eigenvalue weighted by atomic mass is 32.1. The van der Waals surface area contributed by atoms with Gasteiger partial charge in [-0.1, -0.05) is 12.1 Å². The van der Waals surface area contributed by atoms with Gasteiger partial charge in [0, 0.05) is 27.9 Å². The third-order valence-electron chi connectivity index (χ3n) is 3.78. The molecule has 2 N–H and O–H groups in total. The van der Waals surface area contributed by atoms with Gasteiger partial charge in [0.15, 0.2) is 0 Å². The minimum Gasteiger partial charge on any atom is -0.352 e. The molecule has 3 rings (SSSR count). The number of aromatic amines is 1. The molecular formula is C18H18N2O2S. The van der Waals surface area contributed by atoms with E-state index in [-0.39, 0.29) is 18.0 Å². The fourth-order valence-electron chi connectivity index (χ4n) is 2.68. The van der Waals surface area contributed by atoms with Crippen LogP contribution in [0.2, 0.25) is 0 Å². The minimum absolute atomic E-state index is 0.0763. The Labute approximate surface area is 138 Å². The first-order valence-corrected chi connectivity index (χ1v) is 8.33. The lowest BCUT2D eigenvalue weighted by atomic mass is 10.0. The Morgan fingerprint density at radius 3 is 2.83 bits per heavy atom. The summed E-state index contributed by atoms with van der Waals surface area (Å²) in [5.74, 6) is -0.0763. The molecule has 118 valence electrons. The Morgan fingerprint density at radius 2 is 2.09 bits per heavy atom. The van der Waals surface area contributed by atoms with Gasteiger partial charge in [0.25, 0.3) is 5.56 Å². The van der Waals surface area contributed by atoms with Gasteiger partial charge in [-0.15, -0.1) is 11.3 Å². The van der Waals surface area contributed by atoms with Crippen molar-refractivity contribution in [1.82, 2.24) is 10.3 Å². The Balaban J connectivity index is 1.79. The largest absolute Gasteiger partial charge is 0.352 e. The second kappa shape index (κ2) is 6.38. The van der Waals surface area contributed by atoms with Crippen molar-refractivity contribution in [1.29, 1.82) is 0 Å². The summed E-state index contributed by atoms with van der Waals surface area (Å²) in [5, 5.41) is 5.78. The second-order valence-electron chi connectivity index (χ2n) is 5.70. The number of hydrogen-bond acceptors (Lipinski definition) is 3. The van der Waals surface area contributed by atoms with Gasteiger partial charge in [0.1, 0.15) is 0 Å². The maximum absolute atomic E-state index is 12.2. The summed E-state index contributed by atoms with van der Waals surface area (Å²) in [6.45, 7) is 4.26. The molecular weight excluding hydrogens is 308 g/mol. The van der Waals surface area contributed by atoms with E-state index in [1.807, 2.05) is 43.5 Å². The molecule has 2 aromatic heterocycles. The Kier molecular flexibility index (Phi) is 4.30. The zero-order chi connectivity index (χ0) is 16.4. The fourth-order valence-corrected chi connectivity index (χ4v) is 3.38. The number of nitrogens with one attached hydrogen (secondary N) is 2. The number of carbonyl (C=O) groups excluding carboxylic acids is 1. The third-order valence-corrected chi connectivity index (χ3v) is 4.66. The van der Waals surface area contributed by atoms with E-state index >= 15 is 0 Å². The molecule has 0 saturated heterocycles. The lowest BCUT2D eigenvalue weighted by Crippen LogP contribution is -2.27. The molecule has 3 aromatic rings. The SMILES string of the molecule is Cc1cc(C)c2cc(CNC(=O)Cc3cccs3)c(=O)[nH]c2c1. The molecule has 0 atom stereocenters. The summed E-state index contributed by atoms with van der Waals surface area (Å²) < 4.78 is 0. The lowest BCUT2D eigenvalue weighted by Gasteiger charge is -2.08. The van der Waals surface area contributed by atoms with E-state index in [1.54, 1.807) is 11.3 Å². The van der Waals surface area contributed by atoms with Crippen LogP contribution in [0.25, 0.3) is 10.9 Å². The Hall–Kier alpha value is -2.40. The molecule has 0 spiro atoms. The van der Waals surface area contributed by atoms with Crippen LogP contribution in [0.15, 0.2) is 40.5 Å². The van der Waals surface area contributed by atoms with E-state index in [0.29, 0.717) is 12.0 Å². The van der Waals surface area contributed by atoms with Crippen molar-refractivity contribution >= 4 is 28.1 Å². The maximum Gasteiger partial charge on any atom is 0.253 e. The molecule has 0 fully saturated rings. The van der Waals surface area contributed by atoms with Crippen LogP contribution in [-0.2, 0) is 17.8 Å². The number of benzene rings is 1. The quantitative estimate of drug-likeness (QED) is 0.774. The van der Waals surface area contributed by atoms with Crippen LogP contribution in [0.3, 0.4) is 0 Å². The van der Waals surface area contributed by atoms with Gasteiger partial charge in [-0.3, -0.25) is 9.59 Å². The van der Waals surface area contributed by atoms with E-state index in [4.69, 9.17) is 0 Å². The van der Waals surface area contributed by atoms with Crippen LogP contribution in [-0.4, -0.2) is 10.9 Å². The molecule has 0 unspecified atom stereocenters. The monoisotopic (exact) mass is 326 g/mol. The number of carbonyl (C=O) groups is 1. The van der Waals surface area contributed by atoms with Gasteiger partial charge in [-0.2, -0.15) is 0 Å². The van der Waals surface area contributed by atoms with E-state index < -0.39 is 0 Å². The van der Waals surface area contributed by atoms with Crippen molar-refractivity contribution in [3.8, 4) is 0 Å². The first kappa shape index (κ1) is 15.5. The van der Waals surface area contributed by atoms with Gasteiger partial charge in [-0.05, 0) is 48.6 Å². The number of pyridine rings is 1. The predicted molar refractivity (Wildman–Crippen MR) is 93.9 cm³/mol. The van der Waals surface area contributed by atoms with Crippen molar-refractivity contribution in [2.24, 2.45) is 0 Å². The summed E-state index contributed by atoms with van der Waals surface area (Å²) in [7, 11) is 0. The van der Waals surface area contributed by atoms with Crippen LogP contribution >= 0.6 is 11.3 Å². The van der Waals surface area contributed by atoms with Crippen molar-refractivity contribution in [2.75, 3.05) is 0 Å². The molecule has 23 heavy (non-hydrogen) atoms. The smallest absolute Gasteiger partial charge is 0.253 e. The lowest BCUT2D eigenvalue weighted by molar-refractivity contribution is -0.120. The number of hydrogen-bond donors (Lipinski definition) is 2. The van der Waals surface area contributed by atoms with E-state index in [2.05, 4.69) is 16.4 Å². The molecule has 0 aliphatic heterocycles. The van der Waals surface area contributed by atoms with Crippen LogP contribution in [0.5, 0.6) is 0 Å². The van der Waals surface area contributed by atoms with Crippen LogP contribution < -0.4 is 10.9 Å². The van der Waals surface area contributed by atoms with E-state index in [1.165, 1.54) is 0 Å². The Morgan fingerprint density at radius 1 is 1.26 bits per heavy atom. The minimum atomic E-state index is -0.154. The number of aryl methyl sites for hydroxylation is 2. The molecule has 0 saturated carbocycles. The second-order valence-corrected chi connectivity index (χ2v) is 6.73. The number of fused-ring (bicyclic) bond motifs is 1. The maximum atomic E-state index is 12.2. The molecule has 0 aliphatic carbocycles. The normalized spacial score (nSPS) is 10.9. The molecule has 0 radical (unpaired) electrons. The highest BCUT2D eigenvalue weighted by molar-refractivity contribution is 7.10. The number of H-pyrrole nitrogens is 1. The topological polar surface area (TPSA) is 62.0 Å². The van der Waals surface area contributed by atoms with Crippen LogP contribution in [0.4, 0.5) is 0 Å². The van der Waals surface area contributed by atoms with Gasteiger partial charge in [-0.25, -0.2) is 0 Å². The average Bonchev–Trinajstić information content (AvgIpc) is 2.98. The van der Waals surface area contributed by atoms with Crippen molar-refractivity contribution in [2.45, 2.75) is 26.8 Å². The number of rotatable bonds is 4. The van der Waals surface area contributed by atoms with Crippen molar-refractivity contribution < 1.29 is 4.79 Å². The molecule has 0 bridgehead atoms.